The molecule has 0 radical (unpaired) electrons. The molecule has 182 valence electrons. The summed E-state index contributed by atoms with van der Waals surface area (Å²) in [5.74, 6) is 0.986. The van der Waals surface area contributed by atoms with Crippen molar-refractivity contribution in [2.75, 3.05) is 20.8 Å². The Labute approximate surface area is 206 Å². The Balaban J connectivity index is 1.53. The lowest BCUT2D eigenvalue weighted by Crippen LogP contribution is -2.38. The molecule has 0 aliphatic heterocycles. The predicted octanol–water partition coefficient (Wildman–Crippen LogP) is 4.03. The van der Waals surface area contributed by atoms with Crippen LogP contribution in [0.25, 0.3) is 22.4 Å². The van der Waals surface area contributed by atoms with E-state index in [4.69, 9.17) is 25.6 Å². The Hall–Kier alpha value is -3.85. The minimum Gasteiger partial charge on any atom is -0.493 e. The van der Waals surface area contributed by atoms with Crippen LogP contribution in [0, 0.1) is 0 Å². The van der Waals surface area contributed by atoms with Gasteiger partial charge in [-0.3, -0.25) is 14.2 Å². The van der Waals surface area contributed by atoms with Gasteiger partial charge in [0, 0.05) is 17.1 Å². The van der Waals surface area contributed by atoms with Crippen molar-refractivity contribution >= 4 is 28.6 Å². The fourth-order valence-electron chi connectivity index (χ4n) is 3.88. The number of benzene rings is 2. The molecule has 4 rings (SSSR count). The van der Waals surface area contributed by atoms with E-state index in [1.165, 1.54) is 10.9 Å². The minimum atomic E-state index is -0.738. The van der Waals surface area contributed by atoms with Crippen LogP contribution < -0.4 is 20.3 Å². The molecule has 0 aliphatic rings. The van der Waals surface area contributed by atoms with Gasteiger partial charge in [-0.2, -0.15) is 0 Å². The van der Waals surface area contributed by atoms with Crippen molar-refractivity contribution in [2.24, 2.45) is 0 Å². The van der Waals surface area contributed by atoms with E-state index in [-0.39, 0.29) is 17.0 Å². The van der Waals surface area contributed by atoms with Gasteiger partial charge in [-0.1, -0.05) is 41.9 Å². The van der Waals surface area contributed by atoms with Crippen molar-refractivity contribution in [3.8, 4) is 22.8 Å². The third-order valence-electron chi connectivity index (χ3n) is 5.73. The van der Waals surface area contributed by atoms with Gasteiger partial charge < -0.3 is 19.3 Å². The summed E-state index contributed by atoms with van der Waals surface area (Å²) in [7, 11) is 3.15. The molecule has 35 heavy (non-hydrogen) atoms. The molecular formula is C25H25ClN4O5. The highest BCUT2D eigenvalue weighted by Crippen LogP contribution is 2.28. The van der Waals surface area contributed by atoms with Gasteiger partial charge in [-0.15, -0.1) is 0 Å². The standard InChI is InChI=1S/C25H25ClN4O5/c1-4-18(23(31)27-12-11-15-5-10-19(33-2)20(13-15)34-3)30-14-28-24-21(25(30)32)22(29-35-24)16-6-8-17(26)9-7-16/h5-10,13-14,18H,4,11-12H2,1-3H3,(H,27,31)/t18-/m0/s1. The van der Waals surface area contributed by atoms with Crippen LogP contribution >= 0.6 is 11.6 Å². The van der Waals surface area contributed by atoms with Gasteiger partial charge in [0.25, 0.3) is 11.3 Å². The van der Waals surface area contributed by atoms with E-state index in [0.717, 1.165) is 5.56 Å². The second kappa shape index (κ2) is 10.6. The molecule has 0 bridgehead atoms. The number of halogens is 1. The van der Waals surface area contributed by atoms with E-state index < -0.39 is 11.6 Å². The van der Waals surface area contributed by atoms with Crippen molar-refractivity contribution < 1.29 is 18.8 Å². The number of methoxy groups -OCH3 is 2. The van der Waals surface area contributed by atoms with Crippen LogP contribution in [-0.2, 0) is 11.2 Å². The molecule has 4 aromatic rings. The molecular weight excluding hydrogens is 472 g/mol. The minimum absolute atomic E-state index is 0.111. The number of carbonyl (C=O) groups excluding carboxylic acids is 1. The maximum absolute atomic E-state index is 13.4. The monoisotopic (exact) mass is 496 g/mol. The molecule has 2 aromatic heterocycles. The molecule has 1 atom stereocenters. The smallest absolute Gasteiger partial charge is 0.267 e. The number of hydrogen-bond acceptors (Lipinski definition) is 7. The van der Waals surface area contributed by atoms with Crippen LogP contribution in [0.15, 0.2) is 58.1 Å². The van der Waals surface area contributed by atoms with Crippen LogP contribution in [0.1, 0.15) is 24.9 Å². The first kappa shape index (κ1) is 24.3. The summed E-state index contributed by atoms with van der Waals surface area (Å²) in [6.45, 7) is 2.22. The molecule has 0 aliphatic carbocycles. The molecule has 0 fully saturated rings. The third-order valence-corrected chi connectivity index (χ3v) is 5.98. The van der Waals surface area contributed by atoms with E-state index in [1.807, 2.05) is 25.1 Å². The van der Waals surface area contributed by atoms with E-state index in [0.29, 0.717) is 47.2 Å². The topological polar surface area (TPSA) is 108 Å². The Morgan fingerprint density at radius 2 is 1.89 bits per heavy atom. The highest BCUT2D eigenvalue weighted by Gasteiger charge is 2.24. The largest absolute Gasteiger partial charge is 0.493 e. The zero-order chi connectivity index (χ0) is 24.9. The predicted molar refractivity (Wildman–Crippen MR) is 132 cm³/mol. The molecule has 0 spiro atoms. The summed E-state index contributed by atoms with van der Waals surface area (Å²) < 4.78 is 17.2. The number of amides is 1. The van der Waals surface area contributed by atoms with Gasteiger partial charge in [0.1, 0.15) is 23.4 Å². The highest BCUT2D eigenvalue weighted by atomic mass is 35.5. The Morgan fingerprint density at radius 1 is 1.14 bits per heavy atom. The van der Waals surface area contributed by atoms with E-state index >= 15 is 0 Å². The number of carbonyl (C=O) groups is 1. The average molecular weight is 497 g/mol. The fraction of sp³-hybridized carbons (Fsp3) is 0.280. The molecule has 0 saturated carbocycles. The maximum atomic E-state index is 13.4. The number of nitrogens with one attached hydrogen (secondary N) is 1. The Bertz CT molecular complexity index is 1400. The molecule has 1 N–H and O–H groups in total. The number of aromatic nitrogens is 3. The van der Waals surface area contributed by atoms with Crippen LogP contribution in [0.2, 0.25) is 5.02 Å². The third kappa shape index (κ3) is 5.00. The lowest BCUT2D eigenvalue weighted by molar-refractivity contribution is -0.124. The van der Waals surface area contributed by atoms with Gasteiger partial charge in [0.2, 0.25) is 5.91 Å². The number of hydrogen-bond donors (Lipinski definition) is 1. The fourth-order valence-corrected chi connectivity index (χ4v) is 4.00. The highest BCUT2D eigenvalue weighted by molar-refractivity contribution is 6.30. The maximum Gasteiger partial charge on any atom is 0.267 e. The Kier molecular flexibility index (Phi) is 7.36. The Morgan fingerprint density at radius 3 is 2.57 bits per heavy atom. The second-order valence-corrected chi connectivity index (χ2v) is 8.27. The van der Waals surface area contributed by atoms with Crippen molar-refractivity contribution in [3.63, 3.8) is 0 Å². The van der Waals surface area contributed by atoms with Crippen LogP contribution in [-0.4, -0.2) is 41.4 Å². The first-order valence-electron chi connectivity index (χ1n) is 11.1. The molecule has 0 saturated heterocycles. The summed E-state index contributed by atoms with van der Waals surface area (Å²) in [5.41, 5.74) is 1.71. The number of rotatable bonds is 9. The summed E-state index contributed by atoms with van der Waals surface area (Å²) in [6.07, 6.45) is 2.31. The van der Waals surface area contributed by atoms with Crippen LogP contribution in [0.4, 0.5) is 0 Å². The van der Waals surface area contributed by atoms with Crippen molar-refractivity contribution in [3.05, 3.63) is 69.7 Å². The quantitative estimate of drug-likeness (QED) is 0.372. The van der Waals surface area contributed by atoms with Crippen molar-refractivity contribution in [2.45, 2.75) is 25.8 Å². The summed E-state index contributed by atoms with van der Waals surface area (Å²) >= 11 is 5.97. The molecule has 1 amide bonds. The summed E-state index contributed by atoms with van der Waals surface area (Å²) in [6, 6.07) is 11.8. The van der Waals surface area contributed by atoms with E-state index in [2.05, 4.69) is 15.5 Å². The van der Waals surface area contributed by atoms with Gasteiger partial charge >= 0.3 is 0 Å². The van der Waals surface area contributed by atoms with E-state index in [9.17, 15) is 9.59 Å². The zero-order valence-electron chi connectivity index (χ0n) is 19.6. The SMILES string of the molecule is CC[C@@H](C(=O)NCCc1ccc(OC)c(OC)c1)n1cnc2onc(-c3ccc(Cl)cc3)c2c1=O. The molecule has 2 heterocycles. The first-order chi connectivity index (χ1) is 17.0. The lowest BCUT2D eigenvalue weighted by atomic mass is 10.1. The second-order valence-electron chi connectivity index (χ2n) is 7.83. The number of nitrogens with zero attached hydrogens (tertiary/aromatic N) is 3. The molecule has 2 aromatic carbocycles. The number of fused-ring (bicyclic) bond motifs is 1. The lowest BCUT2D eigenvalue weighted by Gasteiger charge is -2.17. The van der Waals surface area contributed by atoms with Gasteiger partial charge in [0.15, 0.2) is 11.5 Å². The van der Waals surface area contributed by atoms with Gasteiger partial charge in [-0.25, -0.2) is 4.98 Å². The summed E-state index contributed by atoms with van der Waals surface area (Å²) in [4.78, 5) is 30.6. The van der Waals surface area contributed by atoms with Crippen molar-refractivity contribution in [1.29, 1.82) is 0 Å². The van der Waals surface area contributed by atoms with Gasteiger partial charge in [-0.05, 0) is 42.7 Å². The molecule has 9 nitrogen and oxygen atoms in total. The van der Waals surface area contributed by atoms with Crippen molar-refractivity contribution in [1.82, 2.24) is 20.0 Å². The molecule has 10 heteroatoms. The number of ether oxygens (including phenoxy) is 2. The zero-order valence-corrected chi connectivity index (χ0v) is 20.3. The van der Waals surface area contributed by atoms with Gasteiger partial charge in [0.05, 0.1) is 14.2 Å². The normalized spacial score (nSPS) is 11.9. The summed E-state index contributed by atoms with van der Waals surface area (Å²) in [5, 5.41) is 7.72. The van der Waals surface area contributed by atoms with E-state index in [1.54, 1.807) is 38.5 Å². The molecule has 0 unspecified atom stereocenters. The average Bonchev–Trinajstić information content (AvgIpc) is 3.31. The van der Waals surface area contributed by atoms with Crippen LogP contribution in [0.3, 0.4) is 0 Å². The van der Waals surface area contributed by atoms with Crippen LogP contribution in [0.5, 0.6) is 11.5 Å². The first-order valence-corrected chi connectivity index (χ1v) is 11.5.